The van der Waals surface area contributed by atoms with E-state index in [-0.39, 0.29) is 5.56 Å². The van der Waals surface area contributed by atoms with Crippen LogP contribution in [-0.4, -0.2) is 9.13 Å². The molecule has 2 aromatic heterocycles. The van der Waals surface area contributed by atoms with Crippen LogP contribution in [-0.2, 0) is 6.54 Å². The second-order valence-electron chi connectivity index (χ2n) is 4.28. The summed E-state index contributed by atoms with van der Waals surface area (Å²) in [6, 6.07) is 2.70. The van der Waals surface area contributed by atoms with Crippen molar-refractivity contribution < 1.29 is 0 Å². The molecule has 0 aliphatic heterocycles. The third kappa shape index (κ3) is 1.43. The fourth-order valence-corrected chi connectivity index (χ4v) is 2.97. The summed E-state index contributed by atoms with van der Waals surface area (Å²) in [5.41, 5.74) is 1.24. The highest BCUT2D eigenvalue weighted by Gasteiger charge is 2.26. The van der Waals surface area contributed by atoms with Gasteiger partial charge in [0.2, 0.25) is 0 Å². The SMILES string of the molecule is CCn1ccc2c(c(I)cn2C2CC2)c1=O. The van der Waals surface area contributed by atoms with Crippen molar-refractivity contribution >= 4 is 33.5 Å². The molecule has 1 fully saturated rings. The van der Waals surface area contributed by atoms with Gasteiger partial charge in [-0.25, -0.2) is 0 Å². The van der Waals surface area contributed by atoms with E-state index in [9.17, 15) is 4.79 Å². The van der Waals surface area contributed by atoms with Gasteiger partial charge in [-0.3, -0.25) is 4.79 Å². The molecular weight excluding hydrogens is 315 g/mol. The molecule has 4 heteroatoms. The number of hydrogen-bond donors (Lipinski definition) is 0. The first-order chi connectivity index (χ1) is 7.72. The fraction of sp³-hybridized carbons (Fsp3) is 0.417. The third-order valence-electron chi connectivity index (χ3n) is 3.19. The van der Waals surface area contributed by atoms with E-state index in [1.807, 2.05) is 13.1 Å². The maximum Gasteiger partial charge on any atom is 0.261 e. The zero-order valence-corrected chi connectivity index (χ0v) is 11.3. The van der Waals surface area contributed by atoms with Gasteiger partial charge >= 0.3 is 0 Å². The normalized spacial score (nSPS) is 15.9. The highest BCUT2D eigenvalue weighted by molar-refractivity contribution is 14.1. The van der Waals surface area contributed by atoms with E-state index >= 15 is 0 Å². The number of pyridine rings is 1. The Morgan fingerprint density at radius 3 is 2.88 bits per heavy atom. The van der Waals surface area contributed by atoms with Gasteiger partial charge in [-0.15, -0.1) is 0 Å². The Bertz CT molecular complexity index is 607. The second kappa shape index (κ2) is 3.61. The number of halogens is 1. The topological polar surface area (TPSA) is 26.9 Å². The molecule has 0 N–H and O–H groups in total. The molecule has 0 radical (unpaired) electrons. The van der Waals surface area contributed by atoms with Crippen molar-refractivity contribution in [2.24, 2.45) is 0 Å². The molecular formula is C12H13IN2O. The van der Waals surface area contributed by atoms with Gasteiger partial charge in [0.05, 0.1) is 10.9 Å². The van der Waals surface area contributed by atoms with E-state index in [1.54, 1.807) is 4.57 Å². The zero-order chi connectivity index (χ0) is 11.3. The van der Waals surface area contributed by atoms with Gasteiger partial charge in [0.1, 0.15) is 0 Å². The van der Waals surface area contributed by atoms with Crippen LogP contribution in [0.4, 0.5) is 0 Å². The van der Waals surface area contributed by atoms with Gasteiger partial charge in [-0.05, 0) is 48.4 Å². The Kier molecular flexibility index (Phi) is 2.34. The summed E-state index contributed by atoms with van der Waals surface area (Å²) in [5.74, 6) is 0. The summed E-state index contributed by atoms with van der Waals surface area (Å²) < 4.78 is 5.10. The largest absolute Gasteiger partial charge is 0.343 e. The van der Waals surface area contributed by atoms with Crippen LogP contribution in [0, 0.1) is 3.57 Å². The van der Waals surface area contributed by atoms with Crippen molar-refractivity contribution in [2.45, 2.75) is 32.4 Å². The molecule has 3 nitrogen and oxygen atoms in total. The van der Waals surface area contributed by atoms with E-state index < -0.39 is 0 Å². The van der Waals surface area contributed by atoms with Crippen LogP contribution < -0.4 is 5.56 Å². The summed E-state index contributed by atoms with van der Waals surface area (Å²) in [6.45, 7) is 2.73. The minimum absolute atomic E-state index is 0.142. The Labute approximate surface area is 107 Å². The average Bonchev–Trinajstić information content (AvgIpc) is 3.05. The molecule has 1 aliphatic carbocycles. The van der Waals surface area contributed by atoms with E-state index in [0.29, 0.717) is 6.04 Å². The summed E-state index contributed by atoms with van der Waals surface area (Å²) in [7, 11) is 0. The van der Waals surface area contributed by atoms with Crippen molar-refractivity contribution in [1.29, 1.82) is 0 Å². The molecule has 0 unspecified atom stereocenters. The van der Waals surface area contributed by atoms with Crippen molar-refractivity contribution in [3.8, 4) is 0 Å². The fourth-order valence-electron chi connectivity index (χ4n) is 2.16. The van der Waals surface area contributed by atoms with Crippen molar-refractivity contribution in [3.63, 3.8) is 0 Å². The Morgan fingerprint density at radius 2 is 2.25 bits per heavy atom. The van der Waals surface area contributed by atoms with E-state index in [1.165, 1.54) is 12.8 Å². The highest BCUT2D eigenvalue weighted by atomic mass is 127. The lowest BCUT2D eigenvalue weighted by Crippen LogP contribution is -2.18. The lowest BCUT2D eigenvalue weighted by atomic mass is 10.3. The summed E-state index contributed by atoms with van der Waals surface area (Å²) in [5, 5.41) is 0.886. The molecule has 2 heterocycles. The minimum atomic E-state index is 0.142. The van der Waals surface area contributed by atoms with Crippen molar-refractivity contribution in [1.82, 2.24) is 9.13 Å². The van der Waals surface area contributed by atoms with Crippen molar-refractivity contribution in [3.05, 3.63) is 32.4 Å². The van der Waals surface area contributed by atoms with Crippen LogP contribution in [0.3, 0.4) is 0 Å². The molecule has 0 amide bonds. The van der Waals surface area contributed by atoms with E-state index in [0.717, 1.165) is 21.0 Å². The highest BCUT2D eigenvalue weighted by Crippen LogP contribution is 2.38. The van der Waals surface area contributed by atoms with Crippen molar-refractivity contribution in [2.75, 3.05) is 0 Å². The molecule has 0 saturated heterocycles. The molecule has 1 aliphatic rings. The van der Waals surface area contributed by atoms with E-state index in [2.05, 4.69) is 39.4 Å². The Hall–Kier alpha value is -0.780. The molecule has 2 aromatic rings. The summed E-state index contributed by atoms with van der Waals surface area (Å²) >= 11 is 2.26. The standard InChI is InChI=1S/C12H13IN2O/c1-2-14-6-5-10-11(12(14)16)9(13)7-15(10)8-3-4-8/h5-8H,2-4H2,1H3. The lowest BCUT2D eigenvalue weighted by molar-refractivity contribution is 0.730. The van der Waals surface area contributed by atoms with Gasteiger partial charge in [0, 0.05) is 28.6 Å². The molecule has 3 rings (SSSR count). The molecule has 1 saturated carbocycles. The second-order valence-corrected chi connectivity index (χ2v) is 5.44. The number of aromatic nitrogens is 2. The van der Waals surface area contributed by atoms with Crippen LogP contribution in [0.5, 0.6) is 0 Å². The van der Waals surface area contributed by atoms with Crippen LogP contribution in [0.2, 0.25) is 0 Å². The molecule has 84 valence electrons. The number of hydrogen-bond acceptors (Lipinski definition) is 1. The van der Waals surface area contributed by atoms with Gasteiger partial charge in [0.15, 0.2) is 0 Å². The number of fused-ring (bicyclic) bond motifs is 1. The van der Waals surface area contributed by atoms with Gasteiger partial charge in [-0.2, -0.15) is 0 Å². The maximum absolute atomic E-state index is 12.2. The predicted molar refractivity (Wildman–Crippen MR) is 72.9 cm³/mol. The molecule has 0 spiro atoms. The first-order valence-corrected chi connectivity index (χ1v) is 6.69. The molecule has 16 heavy (non-hydrogen) atoms. The Morgan fingerprint density at radius 1 is 1.50 bits per heavy atom. The van der Waals surface area contributed by atoms with E-state index in [4.69, 9.17) is 0 Å². The predicted octanol–water partition coefficient (Wildman–Crippen LogP) is 2.76. The average molecular weight is 328 g/mol. The quantitative estimate of drug-likeness (QED) is 0.779. The monoisotopic (exact) mass is 328 g/mol. The number of nitrogens with zero attached hydrogens (tertiary/aromatic N) is 2. The first kappa shape index (κ1) is 10.4. The summed E-state index contributed by atoms with van der Waals surface area (Å²) in [4.78, 5) is 12.2. The minimum Gasteiger partial charge on any atom is -0.343 e. The maximum atomic E-state index is 12.2. The third-order valence-corrected chi connectivity index (χ3v) is 4.01. The molecule has 0 atom stereocenters. The smallest absolute Gasteiger partial charge is 0.261 e. The summed E-state index contributed by atoms with van der Waals surface area (Å²) in [6.07, 6.45) is 6.51. The van der Waals surface area contributed by atoms with Crippen LogP contribution in [0.25, 0.3) is 10.9 Å². The van der Waals surface area contributed by atoms with Crippen LogP contribution in [0.1, 0.15) is 25.8 Å². The lowest BCUT2D eigenvalue weighted by Gasteiger charge is -2.04. The number of rotatable bonds is 2. The zero-order valence-electron chi connectivity index (χ0n) is 9.11. The first-order valence-electron chi connectivity index (χ1n) is 5.62. The van der Waals surface area contributed by atoms with Gasteiger partial charge in [-0.1, -0.05) is 0 Å². The number of aryl methyl sites for hydroxylation is 1. The van der Waals surface area contributed by atoms with Crippen LogP contribution >= 0.6 is 22.6 Å². The van der Waals surface area contributed by atoms with Gasteiger partial charge in [0.25, 0.3) is 5.56 Å². The Balaban J connectivity index is 2.36. The van der Waals surface area contributed by atoms with Crippen LogP contribution in [0.15, 0.2) is 23.3 Å². The molecule has 0 aromatic carbocycles. The van der Waals surface area contributed by atoms with Gasteiger partial charge < -0.3 is 9.13 Å². The molecule has 0 bridgehead atoms.